The molecular formula is C20H21F6N6+. The highest BCUT2D eigenvalue weighted by atomic mass is 19.4. The molecule has 0 atom stereocenters. The molecule has 0 spiro atoms. The average Bonchev–Trinajstić information content (AvgIpc) is 2.66. The van der Waals surface area contributed by atoms with E-state index in [0.29, 0.717) is 0 Å². The van der Waals surface area contributed by atoms with Crippen LogP contribution >= 0.6 is 0 Å². The molecule has 0 bridgehead atoms. The fourth-order valence-corrected chi connectivity index (χ4v) is 1.74. The van der Waals surface area contributed by atoms with Crippen molar-refractivity contribution in [2.75, 3.05) is 33.6 Å². The molecule has 172 valence electrons. The number of azo groups is 1. The van der Waals surface area contributed by atoms with Crippen molar-refractivity contribution in [2.45, 2.75) is 12.4 Å². The van der Waals surface area contributed by atoms with E-state index in [-0.39, 0.29) is 11.4 Å². The number of halogens is 6. The minimum atomic E-state index is -4.49. The van der Waals surface area contributed by atoms with Gasteiger partial charge in [0.15, 0.2) is 0 Å². The lowest BCUT2D eigenvalue weighted by Gasteiger charge is -2.14. The van der Waals surface area contributed by atoms with Crippen LogP contribution in [0.5, 0.6) is 0 Å². The summed E-state index contributed by atoms with van der Waals surface area (Å²) < 4.78 is 75.7. The Balaban J connectivity index is 0.000000920. The third kappa shape index (κ3) is 10.5. The first kappa shape index (κ1) is 26.6. The van der Waals surface area contributed by atoms with Gasteiger partial charge in [-0.05, 0) is 48.5 Å². The molecule has 6 nitrogen and oxygen atoms in total. The fourth-order valence-electron chi connectivity index (χ4n) is 1.74. The van der Waals surface area contributed by atoms with E-state index < -0.39 is 29.3 Å². The van der Waals surface area contributed by atoms with Crippen molar-refractivity contribution in [1.82, 2.24) is 0 Å². The quantitative estimate of drug-likeness (QED) is 0.151. The third-order valence-corrected chi connectivity index (χ3v) is 3.06. The number of nitrogens with zero attached hydrogens (tertiary/aromatic N) is 5. The smallest absolute Gasteiger partial charge is 0.333 e. The normalized spacial score (nSPS) is 12.7. The highest BCUT2D eigenvalue weighted by molar-refractivity contribution is 5.97. The van der Waals surface area contributed by atoms with Gasteiger partial charge < -0.3 is 4.48 Å². The molecule has 32 heavy (non-hydrogen) atoms. The van der Waals surface area contributed by atoms with E-state index in [1.165, 1.54) is 0 Å². The molecule has 2 aromatic rings. The van der Waals surface area contributed by atoms with E-state index in [1.54, 1.807) is 6.07 Å². The van der Waals surface area contributed by atoms with E-state index in [2.05, 4.69) is 48.9 Å². The van der Waals surface area contributed by atoms with Crippen LogP contribution in [0, 0.1) is 11.3 Å². The topological polar surface area (TPSA) is 72.9 Å². The minimum Gasteiger partial charge on any atom is -0.333 e. The van der Waals surface area contributed by atoms with Crippen LogP contribution in [0.1, 0.15) is 11.1 Å². The predicted molar refractivity (Wildman–Crippen MR) is 108 cm³/mol. The summed E-state index contributed by atoms with van der Waals surface area (Å²) in [4.78, 5) is 0. The summed E-state index contributed by atoms with van der Waals surface area (Å²) in [6, 6.07) is 9.17. The molecule has 12 heteroatoms. The zero-order chi connectivity index (χ0) is 24.6. The van der Waals surface area contributed by atoms with Gasteiger partial charge in [0, 0.05) is 0 Å². The highest BCUT2D eigenvalue weighted by Crippen LogP contribution is 2.31. The Kier molecular flexibility index (Phi) is 8.90. The zero-order valence-electron chi connectivity index (χ0n) is 17.6. The average molecular weight is 459 g/mol. The molecule has 0 saturated heterocycles. The van der Waals surface area contributed by atoms with Gasteiger partial charge in [-0.3, -0.25) is 5.43 Å². The summed E-state index contributed by atoms with van der Waals surface area (Å²) in [5, 5.41) is 19.5. The molecule has 0 heterocycles. The zero-order valence-corrected chi connectivity index (χ0v) is 17.6. The number of alkyl halides is 6. The SMILES string of the molecule is C[N+](C)(C)C.N#C/C(N=Nc1ccc(C(F)(F)F)cc1)=N\Nc1ccc(C(F)(F)F)cc1. The maximum absolute atomic E-state index is 12.5. The molecule has 0 aliphatic carbocycles. The van der Waals surface area contributed by atoms with Crippen molar-refractivity contribution >= 4 is 17.2 Å². The maximum atomic E-state index is 12.5. The number of quaternary nitrogens is 1. The van der Waals surface area contributed by atoms with Crippen molar-refractivity contribution in [1.29, 1.82) is 5.26 Å². The summed E-state index contributed by atoms with van der Waals surface area (Å²) in [7, 11) is 8.50. The van der Waals surface area contributed by atoms with Gasteiger partial charge >= 0.3 is 12.4 Å². The Morgan fingerprint density at radius 2 is 1.22 bits per heavy atom. The van der Waals surface area contributed by atoms with Crippen LogP contribution < -0.4 is 5.43 Å². The largest absolute Gasteiger partial charge is 0.416 e. The van der Waals surface area contributed by atoms with Crippen LogP contribution in [-0.4, -0.2) is 38.5 Å². The molecule has 0 fully saturated rings. The van der Waals surface area contributed by atoms with Gasteiger partial charge in [-0.2, -0.15) is 31.6 Å². The second kappa shape index (κ2) is 10.7. The number of hydrogen-bond donors (Lipinski definition) is 1. The van der Waals surface area contributed by atoms with Crippen LogP contribution in [0.25, 0.3) is 0 Å². The Hall–Kier alpha value is -3.46. The van der Waals surface area contributed by atoms with Crippen molar-refractivity contribution < 1.29 is 30.8 Å². The lowest BCUT2D eigenvalue weighted by atomic mass is 10.2. The van der Waals surface area contributed by atoms with E-state index in [0.717, 1.165) is 53.0 Å². The molecule has 0 aromatic heterocycles. The van der Waals surface area contributed by atoms with Crippen molar-refractivity contribution in [3.63, 3.8) is 0 Å². The van der Waals surface area contributed by atoms with Crippen LogP contribution in [0.15, 0.2) is 63.9 Å². The molecule has 0 amide bonds. The van der Waals surface area contributed by atoms with Gasteiger partial charge in [-0.25, -0.2) is 0 Å². The molecule has 1 N–H and O–H groups in total. The number of nitriles is 1. The predicted octanol–water partition coefficient (Wildman–Crippen LogP) is 6.08. The van der Waals surface area contributed by atoms with Gasteiger partial charge in [-0.1, -0.05) is 0 Å². The van der Waals surface area contributed by atoms with Gasteiger partial charge in [0.25, 0.3) is 5.84 Å². The van der Waals surface area contributed by atoms with E-state index in [1.807, 2.05) is 0 Å². The first-order valence-corrected chi connectivity index (χ1v) is 8.88. The number of benzene rings is 2. The van der Waals surface area contributed by atoms with Gasteiger partial charge in [-0.15, -0.1) is 15.3 Å². The first-order valence-electron chi connectivity index (χ1n) is 8.88. The van der Waals surface area contributed by atoms with Crippen molar-refractivity contribution in [3.8, 4) is 6.07 Å². The summed E-state index contributed by atoms with van der Waals surface area (Å²) in [6.07, 6.45) is -8.96. The summed E-state index contributed by atoms with van der Waals surface area (Å²) >= 11 is 0. The van der Waals surface area contributed by atoms with Gasteiger partial charge in [0.1, 0.15) is 6.07 Å². The lowest BCUT2D eigenvalue weighted by molar-refractivity contribution is -0.849. The van der Waals surface area contributed by atoms with E-state index >= 15 is 0 Å². The minimum absolute atomic E-state index is 0.0560. The van der Waals surface area contributed by atoms with E-state index in [4.69, 9.17) is 5.26 Å². The maximum Gasteiger partial charge on any atom is 0.416 e. The van der Waals surface area contributed by atoms with E-state index in [9.17, 15) is 26.3 Å². The van der Waals surface area contributed by atoms with Gasteiger partial charge in [0.2, 0.25) is 0 Å². The number of nitrogens with one attached hydrogen (secondary N) is 1. The summed E-state index contributed by atoms with van der Waals surface area (Å²) in [6.45, 7) is 0. The van der Waals surface area contributed by atoms with Crippen LogP contribution in [0.2, 0.25) is 0 Å². The number of rotatable bonds is 3. The van der Waals surface area contributed by atoms with Crippen molar-refractivity contribution in [2.24, 2.45) is 15.3 Å². The Morgan fingerprint density at radius 3 is 1.59 bits per heavy atom. The van der Waals surface area contributed by atoms with Crippen LogP contribution in [0.4, 0.5) is 37.7 Å². The Bertz CT molecular complexity index is 957. The summed E-state index contributed by atoms with van der Waals surface area (Å²) in [5.74, 6) is -0.477. The van der Waals surface area contributed by atoms with Crippen molar-refractivity contribution in [3.05, 3.63) is 59.7 Å². The Morgan fingerprint density at radius 1 is 0.812 bits per heavy atom. The standard InChI is InChI=1S/C16H9F6N5.C4H12N/c17-15(18,19)10-1-5-12(6-2-10)24-26-14(9-23)27-25-13-7-3-11(4-8-13)16(20,21)22;1-5(2,3)4/h1-8,24H;1-4H3/q;+1/b26-14+,27-25?;. The molecule has 0 aliphatic heterocycles. The molecule has 0 unspecified atom stereocenters. The fraction of sp³-hybridized carbons (Fsp3) is 0.300. The molecule has 2 rings (SSSR count). The number of hydrazone groups is 1. The summed E-state index contributed by atoms with van der Waals surface area (Å²) in [5.41, 5.74) is 0.849. The second-order valence-corrected chi connectivity index (χ2v) is 7.66. The monoisotopic (exact) mass is 459 g/mol. The molecule has 0 aliphatic rings. The Labute approximate surface area is 181 Å². The number of amidine groups is 1. The second-order valence-electron chi connectivity index (χ2n) is 7.66. The van der Waals surface area contributed by atoms with Crippen LogP contribution in [-0.2, 0) is 12.4 Å². The molecule has 0 saturated carbocycles. The molecule has 0 radical (unpaired) electrons. The van der Waals surface area contributed by atoms with Crippen LogP contribution in [0.3, 0.4) is 0 Å². The number of anilines is 1. The van der Waals surface area contributed by atoms with Gasteiger partial charge in [0.05, 0.1) is 50.7 Å². The lowest BCUT2D eigenvalue weighted by Crippen LogP contribution is -2.27. The molecule has 2 aromatic carbocycles. The highest BCUT2D eigenvalue weighted by Gasteiger charge is 2.30. The third-order valence-electron chi connectivity index (χ3n) is 3.06. The molecular weight excluding hydrogens is 438 g/mol. The first-order chi connectivity index (χ1) is 14.6. The number of hydrogen-bond acceptors (Lipinski definition) is 4.